The minimum atomic E-state index is 0.487. The van der Waals surface area contributed by atoms with E-state index in [1.807, 2.05) is 0 Å². The van der Waals surface area contributed by atoms with Crippen LogP contribution in [0.25, 0.3) is 0 Å². The molecule has 0 heterocycles. The molecule has 0 amide bonds. The summed E-state index contributed by atoms with van der Waals surface area (Å²) in [5.41, 5.74) is 6.61. The van der Waals surface area contributed by atoms with Crippen molar-refractivity contribution in [3.63, 3.8) is 0 Å². The molecule has 0 aromatic rings. The molecule has 1 unspecified atom stereocenters. The quantitative estimate of drug-likeness (QED) is 0.827. The van der Waals surface area contributed by atoms with Crippen molar-refractivity contribution in [2.24, 2.45) is 28.9 Å². The highest BCUT2D eigenvalue weighted by atomic mass is 15.1. The van der Waals surface area contributed by atoms with Gasteiger partial charge in [0.15, 0.2) is 0 Å². The number of nitrogens with zero attached hydrogens (tertiary/aromatic N) is 1. The van der Waals surface area contributed by atoms with Crippen LogP contribution in [-0.2, 0) is 0 Å². The van der Waals surface area contributed by atoms with Gasteiger partial charge in [0.25, 0.3) is 0 Å². The van der Waals surface area contributed by atoms with Crippen molar-refractivity contribution in [1.82, 2.24) is 4.90 Å². The van der Waals surface area contributed by atoms with Crippen molar-refractivity contribution in [2.75, 3.05) is 20.1 Å². The Hall–Kier alpha value is -0.0800. The van der Waals surface area contributed by atoms with Crippen LogP contribution in [0.3, 0.4) is 0 Å². The summed E-state index contributed by atoms with van der Waals surface area (Å²) in [7, 11) is 2.31. The molecule has 0 bridgehead atoms. The molecule has 2 aliphatic rings. The molecule has 2 aliphatic carbocycles. The van der Waals surface area contributed by atoms with Crippen LogP contribution in [-0.4, -0.2) is 31.1 Å². The molecule has 0 radical (unpaired) electrons. The smallest absolute Gasteiger partial charge is 0.0243 e. The number of nitrogens with two attached hydrogens (primary N) is 1. The van der Waals surface area contributed by atoms with Crippen molar-refractivity contribution in [1.29, 1.82) is 0 Å². The van der Waals surface area contributed by atoms with Crippen molar-refractivity contribution in [3.8, 4) is 0 Å². The summed E-state index contributed by atoms with van der Waals surface area (Å²) in [5, 5.41) is 0. The van der Waals surface area contributed by atoms with Crippen molar-refractivity contribution in [2.45, 2.75) is 71.8 Å². The molecule has 0 aliphatic heterocycles. The van der Waals surface area contributed by atoms with Gasteiger partial charge in [0.2, 0.25) is 0 Å². The minimum Gasteiger partial charge on any atom is -0.329 e. The third-order valence-corrected chi connectivity index (χ3v) is 6.12. The zero-order chi connectivity index (χ0) is 14.8. The second-order valence-corrected chi connectivity index (χ2v) is 8.52. The molecule has 0 spiro atoms. The fourth-order valence-electron chi connectivity index (χ4n) is 4.32. The highest BCUT2D eigenvalue weighted by Crippen LogP contribution is 2.41. The van der Waals surface area contributed by atoms with Crippen LogP contribution in [0.4, 0.5) is 0 Å². The molecule has 0 aromatic heterocycles. The van der Waals surface area contributed by atoms with Crippen molar-refractivity contribution >= 4 is 0 Å². The Morgan fingerprint density at radius 1 is 1.05 bits per heavy atom. The van der Waals surface area contributed by atoms with Gasteiger partial charge < -0.3 is 10.6 Å². The third kappa shape index (κ3) is 3.98. The highest BCUT2D eigenvalue weighted by molar-refractivity contribution is 4.87. The second kappa shape index (κ2) is 6.79. The lowest BCUT2D eigenvalue weighted by atomic mass is 9.68. The van der Waals surface area contributed by atoms with Gasteiger partial charge in [-0.2, -0.15) is 0 Å². The molecule has 0 aromatic carbocycles. The molecule has 118 valence electrons. The Kier molecular flexibility index (Phi) is 5.53. The predicted octanol–water partition coefficient (Wildman–Crippen LogP) is 3.90. The minimum absolute atomic E-state index is 0.487. The number of hydrogen-bond acceptors (Lipinski definition) is 2. The lowest BCUT2D eigenvalue weighted by molar-refractivity contribution is 0.0779. The molecule has 0 saturated heterocycles. The molecule has 2 fully saturated rings. The van der Waals surface area contributed by atoms with Gasteiger partial charge in [-0.05, 0) is 68.7 Å². The van der Waals surface area contributed by atoms with Crippen LogP contribution < -0.4 is 5.73 Å². The van der Waals surface area contributed by atoms with Crippen LogP contribution in [0, 0.1) is 23.2 Å². The standard InChI is InChI=1S/C18H36N2/c1-18(2,3)16-10-8-15(9-11-16)17(12-19)20(4)13-14-6-5-7-14/h14-17H,5-13,19H2,1-4H3. The average Bonchev–Trinajstić information content (AvgIpc) is 2.34. The van der Waals surface area contributed by atoms with Gasteiger partial charge in [0.05, 0.1) is 0 Å². The SMILES string of the molecule is CN(CC1CCC1)C(CN)C1CCC(C(C)(C)C)CC1. The lowest BCUT2D eigenvalue weighted by Crippen LogP contribution is -2.47. The fraction of sp³-hybridized carbons (Fsp3) is 1.00. The largest absolute Gasteiger partial charge is 0.329 e. The summed E-state index contributed by atoms with van der Waals surface area (Å²) >= 11 is 0. The third-order valence-electron chi connectivity index (χ3n) is 6.12. The number of rotatable bonds is 5. The first kappa shape index (κ1) is 16.3. The van der Waals surface area contributed by atoms with Gasteiger partial charge in [-0.15, -0.1) is 0 Å². The van der Waals surface area contributed by atoms with Crippen LogP contribution in [0.15, 0.2) is 0 Å². The van der Waals surface area contributed by atoms with E-state index < -0.39 is 0 Å². The van der Waals surface area contributed by atoms with E-state index in [0.717, 1.165) is 24.3 Å². The maximum atomic E-state index is 6.12. The van der Waals surface area contributed by atoms with Crippen LogP contribution in [0.5, 0.6) is 0 Å². The maximum absolute atomic E-state index is 6.12. The second-order valence-electron chi connectivity index (χ2n) is 8.52. The summed E-state index contributed by atoms with van der Waals surface area (Å²) in [4.78, 5) is 2.59. The van der Waals surface area contributed by atoms with E-state index in [1.165, 1.54) is 51.5 Å². The Morgan fingerprint density at radius 3 is 2.05 bits per heavy atom. The van der Waals surface area contributed by atoms with E-state index in [-0.39, 0.29) is 0 Å². The van der Waals surface area contributed by atoms with Crippen molar-refractivity contribution in [3.05, 3.63) is 0 Å². The Labute approximate surface area is 126 Å². The van der Waals surface area contributed by atoms with E-state index in [4.69, 9.17) is 5.73 Å². The summed E-state index contributed by atoms with van der Waals surface area (Å²) in [6.45, 7) is 9.33. The molecule has 20 heavy (non-hydrogen) atoms. The van der Waals surface area contributed by atoms with Crippen LogP contribution in [0.1, 0.15) is 65.7 Å². The summed E-state index contributed by atoms with van der Waals surface area (Å²) in [6.07, 6.45) is 9.92. The highest BCUT2D eigenvalue weighted by Gasteiger charge is 2.34. The number of likely N-dealkylation sites (N-methyl/N-ethyl adjacent to an activating group) is 1. The molecule has 2 rings (SSSR count). The lowest BCUT2D eigenvalue weighted by Gasteiger charge is -2.43. The van der Waals surface area contributed by atoms with E-state index in [1.54, 1.807) is 0 Å². The van der Waals surface area contributed by atoms with E-state index in [2.05, 4.69) is 32.7 Å². The van der Waals surface area contributed by atoms with E-state index in [9.17, 15) is 0 Å². The molecule has 2 nitrogen and oxygen atoms in total. The van der Waals surface area contributed by atoms with E-state index >= 15 is 0 Å². The monoisotopic (exact) mass is 280 g/mol. The molecule has 2 N–H and O–H groups in total. The van der Waals surface area contributed by atoms with Crippen LogP contribution in [0.2, 0.25) is 0 Å². The van der Waals surface area contributed by atoms with Gasteiger partial charge in [0.1, 0.15) is 0 Å². The first-order valence-electron chi connectivity index (χ1n) is 8.82. The summed E-state index contributed by atoms with van der Waals surface area (Å²) in [6, 6.07) is 0.622. The zero-order valence-corrected chi connectivity index (χ0v) is 14.2. The molecule has 2 saturated carbocycles. The van der Waals surface area contributed by atoms with Crippen molar-refractivity contribution < 1.29 is 0 Å². The molecule has 2 heteroatoms. The maximum Gasteiger partial charge on any atom is 0.0243 e. The Balaban J connectivity index is 1.83. The normalized spacial score (nSPS) is 30.3. The van der Waals surface area contributed by atoms with E-state index in [0.29, 0.717) is 11.5 Å². The molecular weight excluding hydrogens is 244 g/mol. The first-order valence-corrected chi connectivity index (χ1v) is 8.82. The van der Waals surface area contributed by atoms with Crippen LogP contribution >= 0.6 is 0 Å². The number of hydrogen-bond donors (Lipinski definition) is 1. The van der Waals surface area contributed by atoms with Gasteiger partial charge in [-0.1, -0.05) is 27.2 Å². The Morgan fingerprint density at radius 2 is 1.65 bits per heavy atom. The molecular formula is C18H36N2. The van der Waals surface area contributed by atoms with Gasteiger partial charge >= 0.3 is 0 Å². The topological polar surface area (TPSA) is 29.3 Å². The predicted molar refractivity (Wildman–Crippen MR) is 87.7 cm³/mol. The summed E-state index contributed by atoms with van der Waals surface area (Å²) in [5.74, 6) is 2.71. The average molecular weight is 281 g/mol. The fourth-order valence-corrected chi connectivity index (χ4v) is 4.32. The van der Waals surface area contributed by atoms with Gasteiger partial charge in [-0.25, -0.2) is 0 Å². The Bertz CT molecular complexity index is 282. The van der Waals surface area contributed by atoms with Gasteiger partial charge in [-0.3, -0.25) is 0 Å². The zero-order valence-electron chi connectivity index (χ0n) is 14.2. The molecule has 1 atom stereocenters. The summed E-state index contributed by atoms with van der Waals surface area (Å²) < 4.78 is 0. The first-order chi connectivity index (χ1) is 9.41. The van der Waals surface area contributed by atoms with Gasteiger partial charge in [0, 0.05) is 19.1 Å².